The molecule has 1 amide bonds. The number of nitrogens with two attached hydrogens (primary N) is 1. The molecule has 1 heterocycles. The van der Waals surface area contributed by atoms with Gasteiger partial charge in [0.05, 0.1) is 6.04 Å². The number of nitrogens with one attached hydrogen (secondary N) is 1. The van der Waals surface area contributed by atoms with E-state index < -0.39 is 0 Å². The number of hydrogen-bond acceptors (Lipinski definition) is 2. The van der Waals surface area contributed by atoms with Crippen LogP contribution >= 0.6 is 0 Å². The molecular formula is C15H22N2O. The quantitative estimate of drug-likeness (QED) is 0.853. The minimum absolute atomic E-state index is 0.168. The molecule has 1 fully saturated rings. The fraction of sp³-hybridized carbons (Fsp3) is 0.533. The molecule has 1 aromatic carbocycles. The first-order valence-electron chi connectivity index (χ1n) is 6.82. The number of carbonyl (C=O) groups excluding carboxylic acids is 1. The third kappa shape index (κ3) is 3.10. The zero-order chi connectivity index (χ0) is 13.0. The topological polar surface area (TPSA) is 55.1 Å². The first-order chi connectivity index (χ1) is 8.70. The van der Waals surface area contributed by atoms with Crippen LogP contribution in [0.1, 0.15) is 43.2 Å². The molecule has 3 N–H and O–H groups in total. The van der Waals surface area contributed by atoms with E-state index in [2.05, 4.69) is 36.5 Å². The highest BCUT2D eigenvalue weighted by atomic mass is 16.1. The van der Waals surface area contributed by atoms with Gasteiger partial charge in [-0.05, 0) is 42.9 Å². The lowest BCUT2D eigenvalue weighted by molar-refractivity contribution is -0.120. The summed E-state index contributed by atoms with van der Waals surface area (Å²) in [4.78, 5) is 11.2. The lowest BCUT2D eigenvalue weighted by Gasteiger charge is -2.28. The van der Waals surface area contributed by atoms with Crippen molar-refractivity contribution in [1.82, 2.24) is 5.32 Å². The Morgan fingerprint density at radius 3 is 2.72 bits per heavy atom. The number of amides is 1. The predicted molar refractivity (Wildman–Crippen MR) is 73.4 cm³/mol. The molecule has 1 aromatic rings. The van der Waals surface area contributed by atoms with Crippen LogP contribution in [-0.4, -0.2) is 18.5 Å². The van der Waals surface area contributed by atoms with Crippen molar-refractivity contribution in [2.75, 3.05) is 6.54 Å². The number of aryl methyl sites for hydroxylation is 1. The molecule has 2 atom stereocenters. The smallest absolute Gasteiger partial charge is 0.234 e. The number of benzene rings is 1. The summed E-state index contributed by atoms with van der Waals surface area (Å²) in [7, 11) is 0. The Morgan fingerprint density at radius 1 is 1.39 bits per heavy atom. The van der Waals surface area contributed by atoms with E-state index in [-0.39, 0.29) is 11.9 Å². The standard InChI is InChI=1S/C15H22N2O/c1-2-3-11-4-6-12(7-5-11)13-8-9-17-14(10-13)15(16)18/h4-7,13-14,17H,2-3,8-10H2,1H3,(H2,16,18). The van der Waals surface area contributed by atoms with Crippen molar-refractivity contribution in [1.29, 1.82) is 0 Å². The predicted octanol–water partition coefficient (Wildman–Crippen LogP) is 1.96. The summed E-state index contributed by atoms with van der Waals surface area (Å²) < 4.78 is 0. The second-order valence-electron chi connectivity index (χ2n) is 5.12. The van der Waals surface area contributed by atoms with Crippen molar-refractivity contribution in [2.24, 2.45) is 5.73 Å². The van der Waals surface area contributed by atoms with Crippen LogP contribution in [-0.2, 0) is 11.2 Å². The average molecular weight is 246 g/mol. The number of rotatable bonds is 4. The molecule has 3 heteroatoms. The zero-order valence-corrected chi connectivity index (χ0v) is 11.0. The second kappa shape index (κ2) is 6.01. The van der Waals surface area contributed by atoms with Crippen molar-refractivity contribution in [3.05, 3.63) is 35.4 Å². The highest BCUT2D eigenvalue weighted by Gasteiger charge is 2.25. The third-order valence-corrected chi connectivity index (χ3v) is 3.74. The Bertz CT molecular complexity index is 399. The molecule has 0 bridgehead atoms. The van der Waals surface area contributed by atoms with E-state index in [4.69, 9.17) is 5.73 Å². The van der Waals surface area contributed by atoms with Gasteiger partial charge in [0.15, 0.2) is 0 Å². The lowest BCUT2D eigenvalue weighted by Crippen LogP contribution is -2.46. The van der Waals surface area contributed by atoms with Crippen LogP contribution in [0, 0.1) is 0 Å². The van der Waals surface area contributed by atoms with Crippen LogP contribution in [0.4, 0.5) is 0 Å². The summed E-state index contributed by atoms with van der Waals surface area (Å²) in [5.74, 6) is 0.224. The van der Waals surface area contributed by atoms with Gasteiger partial charge in [-0.1, -0.05) is 37.6 Å². The maximum absolute atomic E-state index is 11.2. The molecule has 0 radical (unpaired) electrons. The molecule has 1 aliphatic rings. The van der Waals surface area contributed by atoms with E-state index in [1.807, 2.05) is 0 Å². The number of piperidine rings is 1. The van der Waals surface area contributed by atoms with E-state index in [1.165, 1.54) is 17.5 Å². The van der Waals surface area contributed by atoms with Crippen molar-refractivity contribution in [3.63, 3.8) is 0 Å². The molecule has 98 valence electrons. The van der Waals surface area contributed by atoms with Crippen molar-refractivity contribution < 1.29 is 4.79 Å². The van der Waals surface area contributed by atoms with Crippen LogP contribution in [0.5, 0.6) is 0 Å². The van der Waals surface area contributed by atoms with Gasteiger partial charge >= 0.3 is 0 Å². The molecule has 1 aliphatic heterocycles. The van der Waals surface area contributed by atoms with Crippen LogP contribution in [0.25, 0.3) is 0 Å². The highest BCUT2D eigenvalue weighted by Crippen LogP contribution is 2.27. The highest BCUT2D eigenvalue weighted by molar-refractivity contribution is 5.80. The maximum Gasteiger partial charge on any atom is 0.234 e. The van der Waals surface area contributed by atoms with Gasteiger partial charge in [-0.25, -0.2) is 0 Å². The SMILES string of the molecule is CCCc1ccc(C2CCNC(C(N)=O)C2)cc1. The molecule has 18 heavy (non-hydrogen) atoms. The summed E-state index contributed by atoms with van der Waals surface area (Å²) in [6, 6.07) is 8.66. The number of carbonyl (C=O) groups is 1. The normalized spacial score (nSPS) is 23.8. The first-order valence-corrected chi connectivity index (χ1v) is 6.82. The van der Waals surface area contributed by atoms with E-state index in [0.717, 1.165) is 25.8 Å². The summed E-state index contributed by atoms with van der Waals surface area (Å²) in [5.41, 5.74) is 8.10. The van der Waals surface area contributed by atoms with Gasteiger partial charge in [-0.2, -0.15) is 0 Å². The van der Waals surface area contributed by atoms with Crippen LogP contribution in [0.3, 0.4) is 0 Å². The number of primary amides is 1. The van der Waals surface area contributed by atoms with Crippen LogP contribution in [0.15, 0.2) is 24.3 Å². The Morgan fingerprint density at radius 2 is 2.11 bits per heavy atom. The van der Waals surface area contributed by atoms with Gasteiger partial charge < -0.3 is 11.1 Å². The van der Waals surface area contributed by atoms with E-state index in [0.29, 0.717) is 5.92 Å². The van der Waals surface area contributed by atoms with Gasteiger partial charge in [-0.15, -0.1) is 0 Å². The Kier molecular flexibility index (Phi) is 4.37. The van der Waals surface area contributed by atoms with Crippen LogP contribution < -0.4 is 11.1 Å². The van der Waals surface area contributed by atoms with Gasteiger partial charge in [0.25, 0.3) is 0 Å². The molecule has 0 saturated carbocycles. The minimum Gasteiger partial charge on any atom is -0.368 e. The van der Waals surface area contributed by atoms with Gasteiger partial charge in [0.1, 0.15) is 0 Å². The maximum atomic E-state index is 11.2. The summed E-state index contributed by atoms with van der Waals surface area (Å²) >= 11 is 0. The fourth-order valence-corrected chi connectivity index (χ4v) is 2.68. The van der Waals surface area contributed by atoms with E-state index in [1.54, 1.807) is 0 Å². The van der Waals surface area contributed by atoms with Crippen molar-refractivity contribution >= 4 is 5.91 Å². The fourth-order valence-electron chi connectivity index (χ4n) is 2.68. The zero-order valence-electron chi connectivity index (χ0n) is 11.0. The van der Waals surface area contributed by atoms with E-state index in [9.17, 15) is 4.79 Å². The Hall–Kier alpha value is -1.35. The van der Waals surface area contributed by atoms with E-state index >= 15 is 0 Å². The number of hydrogen-bond donors (Lipinski definition) is 2. The molecule has 3 nitrogen and oxygen atoms in total. The largest absolute Gasteiger partial charge is 0.368 e. The monoisotopic (exact) mass is 246 g/mol. The molecule has 2 rings (SSSR count). The lowest BCUT2D eigenvalue weighted by atomic mass is 9.86. The summed E-state index contributed by atoms with van der Waals surface area (Å²) in [6.45, 7) is 3.06. The third-order valence-electron chi connectivity index (χ3n) is 3.74. The molecular weight excluding hydrogens is 224 g/mol. The second-order valence-corrected chi connectivity index (χ2v) is 5.12. The van der Waals surface area contributed by atoms with Crippen molar-refractivity contribution in [2.45, 2.75) is 44.6 Å². The van der Waals surface area contributed by atoms with Crippen molar-refractivity contribution in [3.8, 4) is 0 Å². The first kappa shape index (κ1) is 13.1. The average Bonchev–Trinajstić information content (AvgIpc) is 2.40. The summed E-state index contributed by atoms with van der Waals surface area (Å²) in [5, 5.41) is 3.18. The van der Waals surface area contributed by atoms with Gasteiger partial charge in [0, 0.05) is 0 Å². The van der Waals surface area contributed by atoms with Gasteiger partial charge in [-0.3, -0.25) is 4.79 Å². The Balaban J connectivity index is 2.04. The molecule has 1 saturated heterocycles. The minimum atomic E-state index is -0.234. The molecule has 0 aromatic heterocycles. The Labute approximate surface area is 109 Å². The van der Waals surface area contributed by atoms with Crippen LogP contribution in [0.2, 0.25) is 0 Å². The summed E-state index contributed by atoms with van der Waals surface area (Å²) in [6.07, 6.45) is 4.21. The molecule has 2 unspecified atom stereocenters. The van der Waals surface area contributed by atoms with Gasteiger partial charge in [0.2, 0.25) is 5.91 Å². The molecule has 0 aliphatic carbocycles. The molecule has 0 spiro atoms.